The van der Waals surface area contributed by atoms with Gasteiger partial charge in [-0.2, -0.15) is 0 Å². The summed E-state index contributed by atoms with van der Waals surface area (Å²) >= 11 is 0. The van der Waals surface area contributed by atoms with E-state index in [2.05, 4.69) is 6.92 Å². The summed E-state index contributed by atoms with van der Waals surface area (Å²) in [7, 11) is 0. The lowest BCUT2D eigenvalue weighted by Gasteiger charge is -2.26. The van der Waals surface area contributed by atoms with Gasteiger partial charge >= 0.3 is 12.1 Å². The Hall–Kier alpha value is -1.52. The SMILES string of the molecule is CCCCOC(=O)N1CCC=C(COC(C)=O)C1. The topological polar surface area (TPSA) is 55.8 Å². The number of hydrogen-bond acceptors (Lipinski definition) is 4. The molecule has 0 bridgehead atoms. The van der Waals surface area contributed by atoms with Crippen LogP contribution < -0.4 is 0 Å². The molecule has 0 aromatic rings. The van der Waals surface area contributed by atoms with E-state index in [0.717, 1.165) is 24.8 Å². The van der Waals surface area contributed by atoms with E-state index in [9.17, 15) is 9.59 Å². The molecule has 102 valence electrons. The molecule has 1 heterocycles. The van der Waals surface area contributed by atoms with Gasteiger partial charge in [-0.05, 0) is 18.4 Å². The summed E-state index contributed by atoms with van der Waals surface area (Å²) < 4.78 is 10.1. The number of esters is 1. The van der Waals surface area contributed by atoms with Crippen molar-refractivity contribution < 1.29 is 19.1 Å². The molecule has 0 saturated heterocycles. The Bertz CT molecular complexity index is 325. The molecule has 0 saturated carbocycles. The molecule has 0 aliphatic carbocycles. The van der Waals surface area contributed by atoms with Crippen LogP contribution in [-0.2, 0) is 14.3 Å². The monoisotopic (exact) mass is 255 g/mol. The third-order valence-electron chi connectivity index (χ3n) is 2.67. The van der Waals surface area contributed by atoms with Gasteiger partial charge in [-0.15, -0.1) is 0 Å². The Kier molecular flexibility index (Phi) is 6.25. The zero-order valence-corrected chi connectivity index (χ0v) is 11.1. The van der Waals surface area contributed by atoms with E-state index in [0.29, 0.717) is 19.7 Å². The minimum absolute atomic E-state index is 0.258. The van der Waals surface area contributed by atoms with Gasteiger partial charge in [0.15, 0.2) is 0 Å². The highest BCUT2D eigenvalue weighted by Gasteiger charge is 2.19. The highest BCUT2D eigenvalue weighted by molar-refractivity contribution is 5.68. The van der Waals surface area contributed by atoms with Crippen LogP contribution in [0.5, 0.6) is 0 Å². The van der Waals surface area contributed by atoms with Crippen LogP contribution in [0, 0.1) is 0 Å². The number of rotatable bonds is 5. The average Bonchev–Trinajstić information content (AvgIpc) is 2.37. The Balaban J connectivity index is 2.34. The fraction of sp³-hybridized carbons (Fsp3) is 0.692. The summed E-state index contributed by atoms with van der Waals surface area (Å²) in [6, 6.07) is 0. The maximum atomic E-state index is 11.7. The number of unbranched alkanes of at least 4 members (excludes halogenated alkanes) is 1. The molecular weight excluding hydrogens is 234 g/mol. The van der Waals surface area contributed by atoms with Crippen molar-refractivity contribution in [3.63, 3.8) is 0 Å². The van der Waals surface area contributed by atoms with E-state index < -0.39 is 0 Å². The Morgan fingerprint density at radius 3 is 2.83 bits per heavy atom. The number of nitrogens with zero attached hydrogens (tertiary/aromatic N) is 1. The number of ether oxygens (including phenoxy) is 2. The van der Waals surface area contributed by atoms with Gasteiger partial charge in [0.2, 0.25) is 0 Å². The molecule has 0 atom stereocenters. The summed E-state index contributed by atoms with van der Waals surface area (Å²) in [6.07, 6.45) is 4.40. The standard InChI is InChI=1S/C13H21NO4/c1-3-4-8-17-13(16)14-7-5-6-12(9-14)10-18-11(2)15/h6H,3-5,7-10H2,1-2H3. The molecule has 0 aromatic carbocycles. The number of carbonyl (C=O) groups excluding carboxylic acids is 2. The highest BCUT2D eigenvalue weighted by Crippen LogP contribution is 2.11. The summed E-state index contributed by atoms with van der Waals surface area (Å²) in [5.41, 5.74) is 0.948. The molecule has 1 amide bonds. The number of amides is 1. The lowest BCUT2D eigenvalue weighted by Crippen LogP contribution is -2.37. The molecular formula is C13H21NO4. The molecule has 1 aliphatic heterocycles. The molecule has 0 spiro atoms. The van der Waals surface area contributed by atoms with Gasteiger partial charge in [0.25, 0.3) is 0 Å². The van der Waals surface area contributed by atoms with Crippen LogP contribution >= 0.6 is 0 Å². The summed E-state index contributed by atoms with van der Waals surface area (Å²) in [4.78, 5) is 24.1. The van der Waals surface area contributed by atoms with E-state index in [-0.39, 0.29) is 18.7 Å². The molecule has 1 rings (SSSR count). The third kappa shape index (κ3) is 5.21. The molecule has 1 aliphatic rings. The number of carbonyl (C=O) groups is 2. The molecule has 0 unspecified atom stereocenters. The van der Waals surface area contributed by atoms with Gasteiger partial charge in [-0.25, -0.2) is 4.79 Å². The second-order valence-electron chi connectivity index (χ2n) is 4.32. The summed E-state index contributed by atoms with van der Waals surface area (Å²) in [6.45, 7) is 5.30. The van der Waals surface area contributed by atoms with Gasteiger partial charge in [0.05, 0.1) is 6.61 Å². The van der Waals surface area contributed by atoms with Crippen LogP contribution in [0.1, 0.15) is 33.1 Å². The first-order chi connectivity index (χ1) is 8.63. The van der Waals surface area contributed by atoms with Crippen molar-refractivity contribution in [1.82, 2.24) is 4.90 Å². The Morgan fingerprint density at radius 2 is 2.17 bits per heavy atom. The largest absolute Gasteiger partial charge is 0.461 e. The van der Waals surface area contributed by atoms with Gasteiger partial charge < -0.3 is 14.4 Å². The van der Waals surface area contributed by atoms with Crippen molar-refractivity contribution in [3.8, 4) is 0 Å². The predicted molar refractivity (Wildman–Crippen MR) is 67.2 cm³/mol. The second-order valence-corrected chi connectivity index (χ2v) is 4.32. The fourth-order valence-corrected chi connectivity index (χ4v) is 1.66. The van der Waals surface area contributed by atoms with Crippen LogP contribution in [0.4, 0.5) is 4.79 Å². The second kappa shape index (κ2) is 7.74. The average molecular weight is 255 g/mol. The maximum absolute atomic E-state index is 11.7. The van der Waals surface area contributed by atoms with Crippen molar-refractivity contribution in [2.45, 2.75) is 33.1 Å². The zero-order chi connectivity index (χ0) is 13.4. The lowest BCUT2D eigenvalue weighted by molar-refractivity contribution is -0.140. The van der Waals surface area contributed by atoms with E-state index in [1.54, 1.807) is 4.90 Å². The first-order valence-corrected chi connectivity index (χ1v) is 6.36. The van der Waals surface area contributed by atoms with Crippen LogP contribution in [0.2, 0.25) is 0 Å². The van der Waals surface area contributed by atoms with Crippen molar-refractivity contribution in [2.24, 2.45) is 0 Å². The molecule has 0 radical (unpaired) electrons. The minimum Gasteiger partial charge on any atom is -0.461 e. The molecule has 5 heteroatoms. The first-order valence-electron chi connectivity index (χ1n) is 6.36. The fourth-order valence-electron chi connectivity index (χ4n) is 1.66. The lowest BCUT2D eigenvalue weighted by atomic mass is 10.1. The summed E-state index contributed by atoms with van der Waals surface area (Å²) in [5.74, 6) is -0.307. The van der Waals surface area contributed by atoms with Gasteiger partial charge in [0, 0.05) is 20.0 Å². The Morgan fingerprint density at radius 1 is 1.39 bits per heavy atom. The molecule has 5 nitrogen and oxygen atoms in total. The molecule has 0 N–H and O–H groups in total. The van der Waals surface area contributed by atoms with Gasteiger partial charge in [-0.3, -0.25) is 4.79 Å². The van der Waals surface area contributed by atoms with Crippen molar-refractivity contribution >= 4 is 12.1 Å². The maximum Gasteiger partial charge on any atom is 0.410 e. The normalized spacial score (nSPS) is 15.0. The molecule has 0 fully saturated rings. The van der Waals surface area contributed by atoms with Crippen LogP contribution in [0.25, 0.3) is 0 Å². The highest BCUT2D eigenvalue weighted by atomic mass is 16.6. The molecule has 18 heavy (non-hydrogen) atoms. The van der Waals surface area contributed by atoms with E-state index in [4.69, 9.17) is 9.47 Å². The van der Waals surface area contributed by atoms with Crippen LogP contribution in [0.15, 0.2) is 11.6 Å². The Labute approximate surface area is 108 Å². The van der Waals surface area contributed by atoms with Crippen molar-refractivity contribution in [1.29, 1.82) is 0 Å². The smallest absolute Gasteiger partial charge is 0.410 e. The predicted octanol–water partition coefficient (Wildman–Crippen LogP) is 2.12. The minimum atomic E-state index is -0.307. The van der Waals surface area contributed by atoms with Crippen molar-refractivity contribution in [2.75, 3.05) is 26.3 Å². The van der Waals surface area contributed by atoms with Crippen LogP contribution in [-0.4, -0.2) is 43.3 Å². The van der Waals surface area contributed by atoms with Crippen molar-refractivity contribution in [3.05, 3.63) is 11.6 Å². The molecule has 0 aromatic heterocycles. The third-order valence-corrected chi connectivity index (χ3v) is 2.67. The van der Waals surface area contributed by atoms with E-state index in [1.165, 1.54) is 6.92 Å². The zero-order valence-electron chi connectivity index (χ0n) is 11.1. The van der Waals surface area contributed by atoms with Gasteiger partial charge in [0.1, 0.15) is 6.61 Å². The first kappa shape index (κ1) is 14.5. The number of hydrogen-bond donors (Lipinski definition) is 0. The van der Waals surface area contributed by atoms with E-state index >= 15 is 0 Å². The van der Waals surface area contributed by atoms with E-state index in [1.807, 2.05) is 6.08 Å². The summed E-state index contributed by atoms with van der Waals surface area (Å²) in [5, 5.41) is 0. The van der Waals surface area contributed by atoms with Crippen LogP contribution in [0.3, 0.4) is 0 Å². The van der Waals surface area contributed by atoms with Gasteiger partial charge in [-0.1, -0.05) is 19.4 Å². The quantitative estimate of drug-likeness (QED) is 0.429.